The smallest absolute Gasteiger partial charge is 0.00388 e. The normalized spacial score (nSPS) is 35.7. The van der Waals surface area contributed by atoms with Gasteiger partial charge in [0.05, 0.1) is 0 Å². The van der Waals surface area contributed by atoms with Crippen molar-refractivity contribution < 1.29 is 0 Å². The van der Waals surface area contributed by atoms with E-state index in [1.807, 2.05) is 0 Å². The van der Waals surface area contributed by atoms with Crippen LogP contribution in [0.2, 0.25) is 0 Å². The fourth-order valence-electron chi connectivity index (χ4n) is 1.60. The summed E-state index contributed by atoms with van der Waals surface area (Å²) in [5.74, 6) is 1.81. The molecule has 2 atom stereocenters. The molecule has 1 rings (SSSR count). The average Bonchev–Trinajstić information content (AvgIpc) is 2.13. The van der Waals surface area contributed by atoms with Crippen LogP contribution in [0.3, 0.4) is 0 Å². The second-order valence-electron chi connectivity index (χ2n) is 4.00. The number of likely N-dealkylation sites (tertiary alicyclic amines) is 1. The highest BCUT2D eigenvalue weighted by molar-refractivity contribution is 4.80. The summed E-state index contributed by atoms with van der Waals surface area (Å²) in [6.07, 6.45) is 0. The molecular weight excluding hydrogens is 122 g/mol. The molecule has 0 aromatic heterocycles. The van der Waals surface area contributed by atoms with Gasteiger partial charge in [0.15, 0.2) is 0 Å². The molecule has 0 aliphatic carbocycles. The maximum Gasteiger partial charge on any atom is 0.00388 e. The standard InChI is InChI=1S/C9H19N/c1-7(2)10-5-8(3)9(4)6-10/h7-9H,5-6H2,1-4H3/t8-,9-/m1/s1. The van der Waals surface area contributed by atoms with Crippen LogP contribution in [0.15, 0.2) is 0 Å². The summed E-state index contributed by atoms with van der Waals surface area (Å²) in [5, 5.41) is 0. The number of rotatable bonds is 1. The Hall–Kier alpha value is -0.0400. The van der Waals surface area contributed by atoms with Crippen molar-refractivity contribution in [1.29, 1.82) is 0 Å². The van der Waals surface area contributed by atoms with Crippen molar-refractivity contribution in [3.8, 4) is 0 Å². The molecule has 0 unspecified atom stereocenters. The highest BCUT2D eigenvalue weighted by Crippen LogP contribution is 2.23. The van der Waals surface area contributed by atoms with Crippen LogP contribution in [0.1, 0.15) is 27.7 Å². The van der Waals surface area contributed by atoms with Crippen LogP contribution in [0.5, 0.6) is 0 Å². The first-order valence-corrected chi connectivity index (χ1v) is 4.35. The van der Waals surface area contributed by atoms with E-state index >= 15 is 0 Å². The van der Waals surface area contributed by atoms with Crippen LogP contribution in [-0.2, 0) is 0 Å². The summed E-state index contributed by atoms with van der Waals surface area (Å²) >= 11 is 0. The van der Waals surface area contributed by atoms with Gasteiger partial charge >= 0.3 is 0 Å². The largest absolute Gasteiger partial charge is 0.300 e. The van der Waals surface area contributed by atoms with E-state index in [0.29, 0.717) is 0 Å². The molecule has 1 aliphatic heterocycles. The van der Waals surface area contributed by atoms with Gasteiger partial charge in [-0.15, -0.1) is 0 Å². The lowest BCUT2D eigenvalue weighted by Gasteiger charge is -2.19. The predicted octanol–water partition coefficient (Wildman–Crippen LogP) is 1.98. The SMILES string of the molecule is CC(C)N1C[C@@H](C)[C@H](C)C1. The maximum atomic E-state index is 2.56. The molecule has 1 heterocycles. The average molecular weight is 141 g/mol. The quantitative estimate of drug-likeness (QED) is 0.539. The van der Waals surface area contributed by atoms with Gasteiger partial charge in [-0.1, -0.05) is 13.8 Å². The maximum absolute atomic E-state index is 2.56. The molecule has 1 fully saturated rings. The van der Waals surface area contributed by atoms with Crippen LogP contribution < -0.4 is 0 Å². The number of nitrogens with zero attached hydrogens (tertiary/aromatic N) is 1. The zero-order valence-electron chi connectivity index (χ0n) is 7.59. The minimum atomic E-state index is 0.743. The molecule has 0 amide bonds. The second kappa shape index (κ2) is 2.91. The highest BCUT2D eigenvalue weighted by atomic mass is 15.2. The molecule has 0 radical (unpaired) electrons. The second-order valence-corrected chi connectivity index (χ2v) is 4.00. The molecule has 0 saturated carbocycles. The Morgan fingerprint density at radius 3 is 1.70 bits per heavy atom. The van der Waals surface area contributed by atoms with Gasteiger partial charge in [0.25, 0.3) is 0 Å². The summed E-state index contributed by atoms with van der Waals surface area (Å²) in [5.41, 5.74) is 0. The Balaban J connectivity index is 2.41. The summed E-state index contributed by atoms with van der Waals surface area (Å²) in [4.78, 5) is 2.56. The summed E-state index contributed by atoms with van der Waals surface area (Å²) in [7, 11) is 0. The van der Waals surface area contributed by atoms with Gasteiger partial charge in [-0.3, -0.25) is 0 Å². The van der Waals surface area contributed by atoms with E-state index in [1.54, 1.807) is 0 Å². The first-order valence-electron chi connectivity index (χ1n) is 4.35. The van der Waals surface area contributed by atoms with Crippen LogP contribution in [0.4, 0.5) is 0 Å². The third-order valence-electron chi connectivity index (χ3n) is 2.75. The Labute approximate surface area is 64.4 Å². The van der Waals surface area contributed by atoms with Gasteiger partial charge in [-0.05, 0) is 25.7 Å². The Morgan fingerprint density at radius 1 is 1.10 bits per heavy atom. The number of hydrogen-bond donors (Lipinski definition) is 0. The monoisotopic (exact) mass is 141 g/mol. The summed E-state index contributed by atoms with van der Waals surface area (Å²) in [6, 6.07) is 0.743. The molecule has 0 bridgehead atoms. The molecule has 1 heteroatoms. The molecule has 0 aromatic rings. The van der Waals surface area contributed by atoms with Crippen LogP contribution in [-0.4, -0.2) is 24.0 Å². The molecule has 1 saturated heterocycles. The fraction of sp³-hybridized carbons (Fsp3) is 1.00. The first kappa shape index (κ1) is 8.06. The molecule has 1 aliphatic rings. The zero-order chi connectivity index (χ0) is 7.72. The van der Waals surface area contributed by atoms with Crippen molar-refractivity contribution in [3.05, 3.63) is 0 Å². The van der Waals surface area contributed by atoms with E-state index in [2.05, 4.69) is 32.6 Å². The molecule has 1 nitrogen and oxygen atoms in total. The van der Waals surface area contributed by atoms with Crippen molar-refractivity contribution in [1.82, 2.24) is 4.90 Å². The van der Waals surface area contributed by atoms with Crippen LogP contribution in [0.25, 0.3) is 0 Å². The van der Waals surface area contributed by atoms with E-state index in [-0.39, 0.29) is 0 Å². The molecule has 0 aromatic carbocycles. The van der Waals surface area contributed by atoms with Crippen molar-refractivity contribution in [2.45, 2.75) is 33.7 Å². The topological polar surface area (TPSA) is 3.24 Å². The lowest BCUT2D eigenvalue weighted by molar-refractivity contribution is 0.264. The minimum Gasteiger partial charge on any atom is -0.300 e. The predicted molar refractivity (Wildman–Crippen MR) is 45.0 cm³/mol. The van der Waals surface area contributed by atoms with E-state index in [0.717, 1.165) is 17.9 Å². The fourth-order valence-corrected chi connectivity index (χ4v) is 1.60. The van der Waals surface area contributed by atoms with E-state index < -0.39 is 0 Å². The third-order valence-corrected chi connectivity index (χ3v) is 2.75. The van der Waals surface area contributed by atoms with E-state index in [1.165, 1.54) is 13.1 Å². The van der Waals surface area contributed by atoms with Crippen LogP contribution in [0, 0.1) is 11.8 Å². The molecule has 60 valence electrons. The van der Waals surface area contributed by atoms with Gasteiger partial charge in [0.2, 0.25) is 0 Å². The van der Waals surface area contributed by atoms with Crippen molar-refractivity contribution >= 4 is 0 Å². The lowest BCUT2D eigenvalue weighted by Crippen LogP contribution is -2.28. The molecular formula is C9H19N. The zero-order valence-corrected chi connectivity index (χ0v) is 7.59. The van der Waals surface area contributed by atoms with E-state index in [4.69, 9.17) is 0 Å². The summed E-state index contributed by atoms with van der Waals surface area (Å²) < 4.78 is 0. The van der Waals surface area contributed by atoms with Crippen LogP contribution >= 0.6 is 0 Å². The van der Waals surface area contributed by atoms with Gasteiger partial charge < -0.3 is 4.90 Å². The van der Waals surface area contributed by atoms with Gasteiger partial charge in [0.1, 0.15) is 0 Å². The highest BCUT2D eigenvalue weighted by Gasteiger charge is 2.26. The lowest BCUT2D eigenvalue weighted by atomic mass is 10.0. The van der Waals surface area contributed by atoms with E-state index in [9.17, 15) is 0 Å². The van der Waals surface area contributed by atoms with Gasteiger partial charge in [0, 0.05) is 19.1 Å². The number of hydrogen-bond acceptors (Lipinski definition) is 1. The molecule has 10 heavy (non-hydrogen) atoms. The Morgan fingerprint density at radius 2 is 1.50 bits per heavy atom. The Kier molecular flexibility index (Phi) is 2.35. The van der Waals surface area contributed by atoms with Crippen molar-refractivity contribution in [3.63, 3.8) is 0 Å². The van der Waals surface area contributed by atoms with Crippen molar-refractivity contribution in [2.75, 3.05) is 13.1 Å². The third kappa shape index (κ3) is 1.51. The van der Waals surface area contributed by atoms with Gasteiger partial charge in [-0.25, -0.2) is 0 Å². The van der Waals surface area contributed by atoms with Crippen molar-refractivity contribution in [2.24, 2.45) is 11.8 Å². The minimum absolute atomic E-state index is 0.743. The van der Waals surface area contributed by atoms with Gasteiger partial charge in [-0.2, -0.15) is 0 Å². The molecule has 0 N–H and O–H groups in total. The first-order chi connectivity index (χ1) is 4.61. The Bertz CT molecular complexity index is 99.3. The summed E-state index contributed by atoms with van der Waals surface area (Å²) in [6.45, 7) is 11.9. The molecule has 0 spiro atoms.